The van der Waals surface area contributed by atoms with Gasteiger partial charge in [-0.2, -0.15) is 0 Å². The van der Waals surface area contributed by atoms with Gasteiger partial charge in [0.15, 0.2) is 0 Å². The minimum Gasteiger partial charge on any atom is -0.468 e. The van der Waals surface area contributed by atoms with Crippen LogP contribution in [0, 0.1) is 0 Å². The third-order valence-corrected chi connectivity index (χ3v) is 6.62. The number of fused-ring (bicyclic) bond motifs is 1. The molecule has 1 fully saturated rings. The number of halogens is 2. The van der Waals surface area contributed by atoms with Crippen LogP contribution < -0.4 is 5.32 Å². The van der Waals surface area contributed by atoms with E-state index in [2.05, 4.69) is 10.2 Å². The minimum absolute atomic E-state index is 0.105. The molecule has 0 bridgehead atoms. The van der Waals surface area contributed by atoms with Gasteiger partial charge in [0.2, 0.25) is 5.91 Å². The maximum absolute atomic E-state index is 12.9. The number of rotatable bonds is 6. The molecule has 4 rings (SSSR count). The van der Waals surface area contributed by atoms with Gasteiger partial charge in [0.25, 0.3) is 11.8 Å². The molecular weight excluding hydrogens is 441 g/mol. The van der Waals surface area contributed by atoms with Gasteiger partial charge in [0.1, 0.15) is 11.8 Å². The summed E-state index contributed by atoms with van der Waals surface area (Å²) in [6.07, 6.45) is 5.01. The van der Waals surface area contributed by atoms with E-state index in [4.69, 9.17) is 27.6 Å². The van der Waals surface area contributed by atoms with E-state index in [1.54, 1.807) is 6.26 Å². The van der Waals surface area contributed by atoms with Crippen molar-refractivity contribution in [3.63, 3.8) is 0 Å². The Morgan fingerprint density at radius 3 is 2.26 bits per heavy atom. The second-order valence-electron chi connectivity index (χ2n) is 7.84. The Labute approximate surface area is 190 Å². The van der Waals surface area contributed by atoms with Crippen LogP contribution in [0.5, 0.6) is 0 Å². The molecule has 3 amide bonds. The zero-order valence-corrected chi connectivity index (χ0v) is 18.6. The number of hydrogen-bond acceptors (Lipinski definition) is 5. The molecule has 1 aromatic heterocycles. The van der Waals surface area contributed by atoms with Gasteiger partial charge in [-0.05, 0) is 57.1 Å². The van der Waals surface area contributed by atoms with Gasteiger partial charge in [-0.3, -0.25) is 24.2 Å². The first-order valence-electron chi connectivity index (χ1n) is 10.3. The predicted molar refractivity (Wildman–Crippen MR) is 116 cm³/mol. The number of furan rings is 1. The molecule has 2 aliphatic rings. The van der Waals surface area contributed by atoms with Crippen LogP contribution in [0.1, 0.15) is 58.7 Å². The first-order valence-corrected chi connectivity index (χ1v) is 11.1. The van der Waals surface area contributed by atoms with Crippen LogP contribution in [0.4, 0.5) is 0 Å². The fourth-order valence-corrected chi connectivity index (χ4v) is 4.51. The van der Waals surface area contributed by atoms with Crippen LogP contribution in [0.15, 0.2) is 34.9 Å². The fraction of sp³-hybridized carbons (Fsp3) is 0.409. The zero-order valence-electron chi connectivity index (χ0n) is 17.1. The summed E-state index contributed by atoms with van der Waals surface area (Å²) in [5.74, 6) is -0.750. The van der Waals surface area contributed by atoms with Gasteiger partial charge < -0.3 is 9.73 Å². The molecule has 1 aromatic carbocycles. The Balaban J connectivity index is 1.47. The molecule has 1 saturated heterocycles. The molecule has 2 atom stereocenters. The van der Waals surface area contributed by atoms with E-state index in [0.717, 1.165) is 36.6 Å². The molecular formula is C22H23Cl2N3O4. The normalized spacial score (nSPS) is 18.7. The third-order valence-electron chi connectivity index (χ3n) is 5.90. The number of carbonyl (C=O) groups is 3. The van der Waals surface area contributed by atoms with Gasteiger partial charge in [0.05, 0.1) is 33.5 Å². The molecule has 2 aromatic rings. The predicted octanol–water partition coefficient (Wildman–Crippen LogP) is 3.91. The molecule has 0 radical (unpaired) electrons. The fourth-order valence-electron chi connectivity index (χ4n) is 4.19. The first-order chi connectivity index (χ1) is 14.9. The highest BCUT2D eigenvalue weighted by Gasteiger charge is 2.41. The average molecular weight is 464 g/mol. The summed E-state index contributed by atoms with van der Waals surface area (Å²) >= 11 is 12.0. The van der Waals surface area contributed by atoms with Crippen molar-refractivity contribution in [2.75, 3.05) is 19.6 Å². The maximum atomic E-state index is 12.9. The van der Waals surface area contributed by atoms with E-state index < -0.39 is 23.8 Å². The number of likely N-dealkylation sites (tertiary alicyclic amines) is 1. The third kappa shape index (κ3) is 4.22. The van der Waals surface area contributed by atoms with Gasteiger partial charge in [-0.1, -0.05) is 29.6 Å². The van der Waals surface area contributed by atoms with Crippen LogP contribution in [0.25, 0.3) is 0 Å². The van der Waals surface area contributed by atoms with Crippen molar-refractivity contribution in [2.45, 2.75) is 38.3 Å². The Hall–Kier alpha value is -2.35. The second-order valence-corrected chi connectivity index (χ2v) is 8.66. The Bertz CT molecular complexity index is 961. The summed E-state index contributed by atoms with van der Waals surface area (Å²) in [5, 5.41) is 3.26. The quantitative estimate of drug-likeness (QED) is 0.656. The molecule has 0 saturated carbocycles. The number of hydrogen-bond donors (Lipinski definition) is 1. The van der Waals surface area contributed by atoms with Crippen molar-refractivity contribution in [3.8, 4) is 0 Å². The largest absolute Gasteiger partial charge is 0.468 e. The number of nitrogens with zero attached hydrogens (tertiary/aromatic N) is 2. The van der Waals surface area contributed by atoms with Crippen molar-refractivity contribution in [1.82, 2.24) is 15.1 Å². The molecule has 164 valence electrons. The molecule has 3 heterocycles. The lowest BCUT2D eigenvalue weighted by molar-refractivity contribution is -0.124. The minimum atomic E-state index is -0.983. The molecule has 2 unspecified atom stereocenters. The second kappa shape index (κ2) is 9.02. The smallest absolute Gasteiger partial charge is 0.262 e. The van der Waals surface area contributed by atoms with Gasteiger partial charge in [0, 0.05) is 6.54 Å². The van der Waals surface area contributed by atoms with E-state index in [-0.39, 0.29) is 27.2 Å². The Morgan fingerprint density at radius 1 is 1.10 bits per heavy atom. The highest BCUT2D eigenvalue weighted by molar-refractivity contribution is 6.43. The molecule has 0 spiro atoms. The Morgan fingerprint density at radius 2 is 1.71 bits per heavy atom. The summed E-state index contributed by atoms with van der Waals surface area (Å²) in [5.41, 5.74) is 0.307. The van der Waals surface area contributed by atoms with Crippen LogP contribution in [-0.4, -0.2) is 53.2 Å². The number of carbonyl (C=O) groups excluding carboxylic acids is 3. The number of amides is 3. The molecule has 2 aliphatic heterocycles. The van der Waals surface area contributed by atoms with E-state index in [0.29, 0.717) is 6.54 Å². The van der Waals surface area contributed by atoms with Crippen molar-refractivity contribution < 1.29 is 18.8 Å². The number of benzene rings is 1. The van der Waals surface area contributed by atoms with E-state index >= 15 is 0 Å². The van der Waals surface area contributed by atoms with Gasteiger partial charge >= 0.3 is 0 Å². The van der Waals surface area contributed by atoms with Crippen molar-refractivity contribution in [1.29, 1.82) is 0 Å². The summed E-state index contributed by atoms with van der Waals surface area (Å²) < 4.78 is 5.60. The van der Waals surface area contributed by atoms with Crippen LogP contribution in [-0.2, 0) is 4.79 Å². The van der Waals surface area contributed by atoms with E-state index in [1.165, 1.54) is 25.5 Å². The summed E-state index contributed by atoms with van der Waals surface area (Å²) in [6.45, 7) is 3.70. The van der Waals surface area contributed by atoms with Crippen LogP contribution in [0.3, 0.4) is 0 Å². The standard InChI is InChI=1S/C22H23Cl2N3O4/c1-13(27-21(29)14-10-16(23)17(24)11-15(14)22(27)30)20(28)25-12-18(19-6-5-9-31-19)26-7-3-2-4-8-26/h5-6,9-11,13,18H,2-4,7-8,12H2,1H3,(H,25,28). The Kier molecular flexibility index (Phi) is 6.36. The lowest BCUT2D eigenvalue weighted by atomic mass is 10.1. The van der Waals surface area contributed by atoms with E-state index in [1.807, 2.05) is 12.1 Å². The molecule has 7 nitrogen and oxygen atoms in total. The van der Waals surface area contributed by atoms with Gasteiger partial charge in [-0.15, -0.1) is 0 Å². The van der Waals surface area contributed by atoms with Crippen LogP contribution in [0.2, 0.25) is 10.0 Å². The number of piperidine rings is 1. The summed E-state index contributed by atoms with van der Waals surface area (Å²) in [7, 11) is 0. The van der Waals surface area contributed by atoms with Gasteiger partial charge in [-0.25, -0.2) is 0 Å². The summed E-state index contributed by atoms with van der Waals surface area (Å²) in [6, 6.07) is 5.37. The van der Waals surface area contributed by atoms with Crippen molar-refractivity contribution >= 4 is 40.9 Å². The zero-order chi connectivity index (χ0) is 22.1. The summed E-state index contributed by atoms with van der Waals surface area (Å²) in [4.78, 5) is 41.7. The highest BCUT2D eigenvalue weighted by Crippen LogP contribution is 2.32. The topological polar surface area (TPSA) is 82.9 Å². The number of imide groups is 1. The van der Waals surface area contributed by atoms with Crippen molar-refractivity contribution in [2.24, 2.45) is 0 Å². The molecule has 31 heavy (non-hydrogen) atoms. The average Bonchev–Trinajstić information content (AvgIpc) is 3.37. The van der Waals surface area contributed by atoms with Crippen LogP contribution >= 0.6 is 23.2 Å². The van der Waals surface area contributed by atoms with Crippen molar-refractivity contribution in [3.05, 3.63) is 57.5 Å². The maximum Gasteiger partial charge on any atom is 0.262 e. The molecule has 0 aliphatic carbocycles. The molecule has 9 heteroatoms. The SMILES string of the molecule is CC(C(=O)NCC(c1ccco1)N1CCCCC1)N1C(=O)c2cc(Cl)c(Cl)cc2C1=O. The lowest BCUT2D eigenvalue weighted by Gasteiger charge is -2.34. The van der Waals surface area contributed by atoms with E-state index in [9.17, 15) is 14.4 Å². The monoisotopic (exact) mass is 463 g/mol. The lowest BCUT2D eigenvalue weighted by Crippen LogP contribution is -2.49. The highest BCUT2D eigenvalue weighted by atomic mass is 35.5. The first kappa shape index (κ1) is 21.9. The molecule has 1 N–H and O–H groups in total. The number of nitrogens with one attached hydrogen (secondary N) is 1.